The van der Waals surface area contributed by atoms with Gasteiger partial charge in [-0.05, 0) is 33.9 Å². The summed E-state index contributed by atoms with van der Waals surface area (Å²) >= 11 is 0. The molecule has 2 aromatic heterocycles. The molecular weight excluding hydrogens is 306 g/mol. The van der Waals surface area contributed by atoms with Crippen LogP contribution in [0.1, 0.15) is 32.6 Å². The van der Waals surface area contributed by atoms with E-state index >= 15 is 0 Å². The summed E-state index contributed by atoms with van der Waals surface area (Å²) in [6.07, 6.45) is 0.655. The predicted octanol–water partition coefficient (Wildman–Crippen LogP) is 2.18. The van der Waals surface area contributed by atoms with E-state index < -0.39 is 0 Å². The highest BCUT2D eigenvalue weighted by Crippen LogP contribution is 2.24. The van der Waals surface area contributed by atoms with Crippen molar-refractivity contribution in [1.82, 2.24) is 25.2 Å². The van der Waals surface area contributed by atoms with Crippen molar-refractivity contribution in [1.29, 1.82) is 0 Å². The molecule has 7 heteroatoms. The van der Waals surface area contributed by atoms with E-state index in [1.54, 1.807) is 6.07 Å². The first-order chi connectivity index (χ1) is 11.5. The topological polar surface area (TPSA) is 85.8 Å². The average molecular weight is 327 g/mol. The molecule has 0 spiro atoms. The minimum Gasteiger partial charge on any atom is -0.332 e. The minimum atomic E-state index is -0.118. The maximum absolute atomic E-state index is 12.6. The molecule has 0 bridgehead atoms. The van der Waals surface area contributed by atoms with Crippen LogP contribution in [0.3, 0.4) is 0 Å². The zero-order valence-electron chi connectivity index (χ0n) is 14.3. The van der Waals surface area contributed by atoms with E-state index in [-0.39, 0.29) is 17.6 Å². The van der Waals surface area contributed by atoms with Crippen molar-refractivity contribution in [2.75, 3.05) is 7.05 Å². The van der Waals surface area contributed by atoms with E-state index in [0.29, 0.717) is 29.2 Å². The Balaban J connectivity index is 2.15. The van der Waals surface area contributed by atoms with Gasteiger partial charge in [0.15, 0.2) is 11.5 Å². The molecule has 0 saturated heterocycles. The van der Waals surface area contributed by atoms with Gasteiger partial charge in [-0.3, -0.25) is 4.79 Å². The molecule has 126 valence electrons. The van der Waals surface area contributed by atoms with Crippen LogP contribution in [0, 0.1) is 0 Å². The minimum absolute atomic E-state index is 0.0624. The Hall–Kier alpha value is -2.54. The van der Waals surface area contributed by atoms with Crippen LogP contribution >= 0.6 is 0 Å². The molecule has 0 amide bonds. The van der Waals surface area contributed by atoms with Gasteiger partial charge in [0, 0.05) is 17.8 Å². The van der Waals surface area contributed by atoms with Crippen molar-refractivity contribution in [3.63, 3.8) is 0 Å². The highest BCUT2D eigenvalue weighted by atomic mass is 16.5. The lowest BCUT2D eigenvalue weighted by Gasteiger charge is -2.11. The van der Waals surface area contributed by atoms with Crippen LogP contribution in [0.5, 0.6) is 0 Å². The molecule has 0 radical (unpaired) electrons. The number of nitrogens with one attached hydrogen (secondary N) is 1. The SMILES string of the molecule is CNC(C)Cc1noc(-c2nn(C(C)C)c(=O)c3ccccc23)n1. The zero-order valence-corrected chi connectivity index (χ0v) is 14.3. The molecule has 1 N–H and O–H groups in total. The van der Waals surface area contributed by atoms with Crippen molar-refractivity contribution in [3.8, 4) is 11.6 Å². The number of aromatic nitrogens is 4. The maximum Gasteiger partial charge on any atom is 0.279 e. The second-order valence-electron chi connectivity index (χ2n) is 6.15. The summed E-state index contributed by atoms with van der Waals surface area (Å²) in [7, 11) is 1.89. The normalized spacial score (nSPS) is 12.9. The number of fused-ring (bicyclic) bond motifs is 1. The van der Waals surface area contributed by atoms with Crippen molar-refractivity contribution >= 4 is 10.8 Å². The maximum atomic E-state index is 12.6. The van der Waals surface area contributed by atoms with E-state index in [1.165, 1.54) is 4.68 Å². The lowest BCUT2D eigenvalue weighted by atomic mass is 10.1. The van der Waals surface area contributed by atoms with Gasteiger partial charge in [-0.2, -0.15) is 10.1 Å². The lowest BCUT2D eigenvalue weighted by Crippen LogP contribution is -2.25. The Morgan fingerprint density at radius 2 is 1.92 bits per heavy atom. The summed E-state index contributed by atoms with van der Waals surface area (Å²) in [6, 6.07) is 7.53. The molecule has 0 aliphatic rings. The summed E-state index contributed by atoms with van der Waals surface area (Å²) in [5, 5.41) is 13.0. The summed E-state index contributed by atoms with van der Waals surface area (Å²) < 4.78 is 6.87. The molecule has 0 aliphatic heterocycles. The molecule has 0 saturated carbocycles. The first kappa shape index (κ1) is 16.3. The first-order valence-electron chi connectivity index (χ1n) is 8.03. The third kappa shape index (κ3) is 2.94. The molecule has 0 fully saturated rings. The fourth-order valence-electron chi connectivity index (χ4n) is 2.52. The van der Waals surface area contributed by atoms with E-state index in [1.807, 2.05) is 46.0 Å². The van der Waals surface area contributed by atoms with Crippen molar-refractivity contribution in [2.24, 2.45) is 0 Å². The van der Waals surface area contributed by atoms with Gasteiger partial charge in [-0.25, -0.2) is 4.68 Å². The molecule has 2 heterocycles. The van der Waals surface area contributed by atoms with E-state index in [9.17, 15) is 4.79 Å². The number of benzene rings is 1. The first-order valence-corrected chi connectivity index (χ1v) is 8.03. The average Bonchev–Trinajstić information content (AvgIpc) is 3.03. The van der Waals surface area contributed by atoms with Crippen LogP contribution in [-0.2, 0) is 6.42 Å². The monoisotopic (exact) mass is 327 g/mol. The Bertz CT molecular complexity index is 913. The standard InChI is InChI=1S/C17H21N5O2/c1-10(2)22-17(23)13-8-6-5-7-12(13)15(20-22)16-19-14(21-24-16)9-11(3)18-4/h5-8,10-11,18H,9H2,1-4H3. The highest BCUT2D eigenvalue weighted by molar-refractivity contribution is 5.91. The van der Waals surface area contributed by atoms with Crippen molar-refractivity contribution < 1.29 is 4.52 Å². The summed E-state index contributed by atoms with van der Waals surface area (Å²) in [6.45, 7) is 5.88. The van der Waals surface area contributed by atoms with Crippen LogP contribution in [0.2, 0.25) is 0 Å². The van der Waals surface area contributed by atoms with Crippen LogP contribution in [0.15, 0.2) is 33.6 Å². The number of rotatable bonds is 5. The van der Waals surface area contributed by atoms with Gasteiger partial charge in [0.2, 0.25) is 0 Å². The van der Waals surface area contributed by atoms with Gasteiger partial charge < -0.3 is 9.84 Å². The van der Waals surface area contributed by atoms with Gasteiger partial charge in [0.25, 0.3) is 11.4 Å². The lowest BCUT2D eigenvalue weighted by molar-refractivity contribution is 0.414. The highest BCUT2D eigenvalue weighted by Gasteiger charge is 2.19. The molecule has 1 unspecified atom stereocenters. The Labute approximate surface area is 139 Å². The largest absolute Gasteiger partial charge is 0.332 e. The zero-order chi connectivity index (χ0) is 17.3. The summed E-state index contributed by atoms with van der Waals surface area (Å²) in [5.41, 5.74) is 0.419. The van der Waals surface area contributed by atoms with Gasteiger partial charge in [-0.1, -0.05) is 23.4 Å². The number of hydrogen-bond donors (Lipinski definition) is 1. The molecule has 3 rings (SSSR count). The van der Waals surface area contributed by atoms with E-state index in [2.05, 4.69) is 20.6 Å². The third-order valence-corrected chi connectivity index (χ3v) is 3.97. The molecule has 1 atom stereocenters. The third-order valence-electron chi connectivity index (χ3n) is 3.97. The van der Waals surface area contributed by atoms with E-state index in [0.717, 1.165) is 5.39 Å². The van der Waals surface area contributed by atoms with Gasteiger partial charge >= 0.3 is 0 Å². The van der Waals surface area contributed by atoms with Crippen molar-refractivity contribution in [2.45, 2.75) is 39.3 Å². The predicted molar refractivity (Wildman–Crippen MR) is 91.9 cm³/mol. The molecule has 3 aromatic rings. The Kier molecular flexibility index (Phi) is 4.44. The quantitative estimate of drug-likeness (QED) is 0.773. The fraction of sp³-hybridized carbons (Fsp3) is 0.412. The van der Waals surface area contributed by atoms with Crippen LogP contribution in [-0.4, -0.2) is 33.0 Å². The molecule has 1 aromatic carbocycles. The Morgan fingerprint density at radius 3 is 2.58 bits per heavy atom. The fourth-order valence-corrected chi connectivity index (χ4v) is 2.52. The smallest absolute Gasteiger partial charge is 0.279 e. The van der Waals surface area contributed by atoms with Gasteiger partial charge in [-0.15, -0.1) is 0 Å². The number of hydrogen-bond acceptors (Lipinski definition) is 6. The second kappa shape index (κ2) is 6.52. The number of nitrogens with zero attached hydrogens (tertiary/aromatic N) is 4. The second-order valence-corrected chi connectivity index (χ2v) is 6.15. The van der Waals surface area contributed by atoms with Crippen LogP contribution in [0.4, 0.5) is 0 Å². The van der Waals surface area contributed by atoms with Crippen LogP contribution < -0.4 is 10.9 Å². The molecule has 24 heavy (non-hydrogen) atoms. The molecule has 7 nitrogen and oxygen atoms in total. The van der Waals surface area contributed by atoms with Gasteiger partial charge in [0.05, 0.1) is 11.4 Å². The molecular formula is C17H21N5O2. The summed E-state index contributed by atoms with van der Waals surface area (Å²) in [5.74, 6) is 0.943. The Morgan fingerprint density at radius 1 is 1.21 bits per heavy atom. The number of likely N-dealkylation sites (N-methyl/N-ethyl adjacent to an activating group) is 1. The van der Waals surface area contributed by atoms with Crippen molar-refractivity contribution in [3.05, 3.63) is 40.4 Å². The summed E-state index contributed by atoms with van der Waals surface area (Å²) in [4.78, 5) is 17.0. The van der Waals surface area contributed by atoms with Gasteiger partial charge in [0.1, 0.15) is 0 Å². The van der Waals surface area contributed by atoms with E-state index in [4.69, 9.17) is 4.52 Å². The molecule has 0 aliphatic carbocycles. The van der Waals surface area contributed by atoms with Crippen LogP contribution in [0.25, 0.3) is 22.4 Å².